The van der Waals surface area contributed by atoms with E-state index in [1.165, 1.54) is 0 Å². The summed E-state index contributed by atoms with van der Waals surface area (Å²) in [5, 5.41) is 8.42. The van der Waals surface area contributed by atoms with E-state index in [2.05, 4.69) is 0 Å². The van der Waals surface area contributed by atoms with E-state index < -0.39 is 11.8 Å². The average molecular weight is 228 g/mol. The van der Waals surface area contributed by atoms with Crippen molar-refractivity contribution < 1.29 is 14.3 Å². The Morgan fingerprint density at radius 3 is 2.31 bits per heavy atom. The molecule has 0 amide bonds. The van der Waals surface area contributed by atoms with E-state index in [9.17, 15) is 9.18 Å². The van der Waals surface area contributed by atoms with E-state index in [4.69, 9.17) is 10.8 Å². The van der Waals surface area contributed by atoms with Crippen LogP contribution in [-0.2, 0) is 0 Å². The van der Waals surface area contributed by atoms with Crippen LogP contribution in [0.1, 0.15) is 10.4 Å². The number of carbonyl (C=O) groups is 1. The first-order chi connectivity index (χ1) is 5.11. The molecule has 0 aliphatic rings. The van der Waals surface area contributed by atoms with Crippen LogP contribution < -0.4 is 5.73 Å². The van der Waals surface area contributed by atoms with Gasteiger partial charge in [0.15, 0.2) is 0 Å². The number of anilines is 1. The molecule has 0 aromatic heterocycles. The van der Waals surface area contributed by atoms with Crippen molar-refractivity contribution in [3.63, 3.8) is 0 Å². The van der Waals surface area contributed by atoms with Crippen LogP contribution in [0.4, 0.5) is 10.1 Å². The van der Waals surface area contributed by atoms with Crippen LogP contribution in [0.5, 0.6) is 0 Å². The minimum absolute atomic E-state index is 0. The first-order valence-electron chi connectivity index (χ1n) is 2.89. The van der Waals surface area contributed by atoms with Crippen LogP contribution in [-0.4, -0.2) is 11.1 Å². The highest BCUT2D eigenvalue weighted by atomic mass is 35.5. The third kappa shape index (κ3) is 3.48. The molecular weight excluding hydrogens is 220 g/mol. The van der Waals surface area contributed by atoms with Crippen molar-refractivity contribution in [2.24, 2.45) is 0 Å². The molecule has 0 heterocycles. The van der Waals surface area contributed by atoms with Gasteiger partial charge in [0, 0.05) is 0 Å². The number of hydrogen-bond donors (Lipinski definition) is 2. The van der Waals surface area contributed by atoms with E-state index in [0.29, 0.717) is 0 Å². The minimum atomic E-state index is -1.11. The van der Waals surface area contributed by atoms with E-state index in [0.717, 1.165) is 18.2 Å². The fraction of sp³-hybridized carbons (Fsp3) is 0. The van der Waals surface area contributed by atoms with Crippen LogP contribution >= 0.6 is 24.8 Å². The number of rotatable bonds is 1. The van der Waals surface area contributed by atoms with Crippen molar-refractivity contribution in [2.75, 3.05) is 5.73 Å². The molecule has 0 radical (unpaired) electrons. The lowest BCUT2D eigenvalue weighted by atomic mass is 10.2. The van der Waals surface area contributed by atoms with E-state index in [-0.39, 0.29) is 36.1 Å². The second-order valence-electron chi connectivity index (χ2n) is 2.04. The molecule has 74 valence electrons. The van der Waals surface area contributed by atoms with Gasteiger partial charge < -0.3 is 10.8 Å². The number of aromatic carboxylic acids is 1. The maximum absolute atomic E-state index is 12.4. The Kier molecular flexibility index (Phi) is 6.27. The Hall–Kier alpha value is -1.00. The maximum Gasteiger partial charge on any atom is 0.335 e. The zero-order valence-electron chi connectivity index (χ0n) is 6.36. The maximum atomic E-state index is 12.4. The predicted molar refractivity (Wildman–Crippen MR) is 52.3 cm³/mol. The third-order valence-electron chi connectivity index (χ3n) is 1.24. The molecule has 0 aliphatic heterocycles. The van der Waals surface area contributed by atoms with Gasteiger partial charge in [0.05, 0.1) is 11.3 Å². The van der Waals surface area contributed by atoms with E-state index in [1.807, 2.05) is 0 Å². The molecule has 0 aliphatic carbocycles. The topological polar surface area (TPSA) is 63.3 Å². The SMILES string of the molecule is Cl.Cl.Nc1cc(C(=O)O)ccc1F. The summed E-state index contributed by atoms with van der Waals surface area (Å²) in [4.78, 5) is 10.3. The second-order valence-corrected chi connectivity index (χ2v) is 2.04. The Morgan fingerprint density at radius 2 is 1.92 bits per heavy atom. The summed E-state index contributed by atoms with van der Waals surface area (Å²) in [6.07, 6.45) is 0. The number of nitrogen functional groups attached to an aromatic ring is 1. The third-order valence-corrected chi connectivity index (χ3v) is 1.24. The Morgan fingerprint density at radius 1 is 1.38 bits per heavy atom. The molecule has 6 heteroatoms. The number of hydrogen-bond acceptors (Lipinski definition) is 2. The zero-order chi connectivity index (χ0) is 8.43. The summed E-state index contributed by atoms with van der Waals surface area (Å²) in [6, 6.07) is 3.27. The molecule has 1 rings (SSSR count). The van der Waals surface area contributed by atoms with Gasteiger partial charge in [0.2, 0.25) is 0 Å². The summed E-state index contributed by atoms with van der Waals surface area (Å²) >= 11 is 0. The number of nitrogens with two attached hydrogens (primary N) is 1. The Labute approximate surface area is 86.6 Å². The second kappa shape index (κ2) is 5.61. The van der Waals surface area contributed by atoms with Gasteiger partial charge in [-0.25, -0.2) is 9.18 Å². The van der Waals surface area contributed by atoms with Crippen molar-refractivity contribution in [1.82, 2.24) is 0 Å². The number of carboxylic acids is 1. The van der Waals surface area contributed by atoms with Gasteiger partial charge in [-0.3, -0.25) is 0 Å². The van der Waals surface area contributed by atoms with Gasteiger partial charge in [0.1, 0.15) is 5.82 Å². The quantitative estimate of drug-likeness (QED) is 0.722. The van der Waals surface area contributed by atoms with Gasteiger partial charge in [-0.05, 0) is 18.2 Å². The molecule has 13 heavy (non-hydrogen) atoms. The fourth-order valence-electron chi connectivity index (χ4n) is 0.677. The van der Waals surface area contributed by atoms with E-state index >= 15 is 0 Å². The Bertz CT molecular complexity index is 307. The number of carboxylic acid groups (broad SMARTS) is 1. The van der Waals surface area contributed by atoms with Crippen molar-refractivity contribution in [1.29, 1.82) is 0 Å². The summed E-state index contributed by atoms with van der Waals surface area (Å²) in [5.74, 6) is -1.72. The molecule has 0 atom stereocenters. The van der Waals surface area contributed by atoms with E-state index in [1.54, 1.807) is 0 Å². The fourth-order valence-corrected chi connectivity index (χ4v) is 0.677. The van der Waals surface area contributed by atoms with Gasteiger partial charge in [-0.2, -0.15) is 0 Å². The normalized spacial score (nSPS) is 8.08. The first-order valence-corrected chi connectivity index (χ1v) is 2.89. The summed E-state index contributed by atoms with van der Waals surface area (Å²) in [5.41, 5.74) is 4.96. The van der Waals surface area contributed by atoms with Gasteiger partial charge >= 0.3 is 5.97 Å². The molecule has 0 saturated carbocycles. The van der Waals surface area contributed by atoms with Crippen molar-refractivity contribution >= 4 is 36.5 Å². The molecule has 0 unspecified atom stereocenters. The lowest BCUT2D eigenvalue weighted by molar-refractivity contribution is 0.0697. The van der Waals surface area contributed by atoms with Gasteiger partial charge in [-0.15, -0.1) is 24.8 Å². The van der Waals surface area contributed by atoms with Gasteiger partial charge in [-0.1, -0.05) is 0 Å². The highest BCUT2D eigenvalue weighted by Crippen LogP contribution is 2.11. The van der Waals surface area contributed by atoms with Crippen molar-refractivity contribution in [3.8, 4) is 0 Å². The summed E-state index contributed by atoms with van der Waals surface area (Å²) < 4.78 is 12.4. The van der Waals surface area contributed by atoms with Crippen LogP contribution in [0.2, 0.25) is 0 Å². The Balaban J connectivity index is 0. The molecule has 0 fully saturated rings. The molecule has 3 nitrogen and oxygen atoms in total. The van der Waals surface area contributed by atoms with Crippen molar-refractivity contribution in [2.45, 2.75) is 0 Å². The lowest BCUT2D eigenvalue weighted by Crippen LogP contribution is -1.99. The number of halogens is 3. The largest absolute Gasteiger partial charge is 0.478 e. The molecule has 0 spiro atoms. The average Bonchev–Trinajstić information content (AvgIpc) is 1.94. The predicted octanol–water partition coefficient (Wildman–Crippen LogP) is 1.95. The minimum Gasteiger partial charge on any atom is -0.478 e. The molecule has 0 saturated heterocycles. The molecular formula is C7H8Cl2FNO2. The summed E-state index contributed by atoms with van der Waals surface area (Å²) in [7, 11) is 0. The zero-order valence-corrected chi connectivity index (χ0v) is 7.99. The van der Waals surface area contributed by atoms with Crippen molar-refractivity contribution in [3.05, 3.63) is 29.6 Å². The van der Waals surface area contributed by atoms with Crippen LogP contribution in [0, 0.1) is 5.82 Å². The summed E-state index contributed by atoms with van der Waals surface area (Å²) in [6.45, 7) is 0. The van der Waals surface area contributed by atoms with Crippen LogP contribution in [0.15, 0.2) is 18.2 Å². The molecule has 1 aromatic carbocycles. The lowest BCUT2D eigenvalue weighted by Gasteiger charge is -1.96. The number of benzene rings is 1. The monoisotopic (exact) mass is 227 g/mol. The van der Waals surface area contributed by atoms with Crippen LogP contribution in [0.3, 0.4) is 0 Å². The molecule has 0 bridgehead atoms. The smallest absolute Gasteiger partial charge is 0.335 e. The standard InChI is InChI=1S/C7H6FNO2.2ClH/c8-5-2-1-4(7(10)11)3-6(5)9;;/h1-3H,9H2,(H,10,11);2*1H. The van der Waals surface area contributed by atoms with Crippen LogP contribution in [0.25, 0.3) is 0 Å². The van der Waals surface area contributed by atoms with Gasteiger partial charge in [0.25, 0.3) is 0 Å². The highest BCUT2D eigenvalue weighted by Gasteiger charge is 2.04. The molecule has 3 N–H and O–H groups in total. The highest BCUT2D eigenvalue weighted by molar-refractivity contribution is 5.88. The molecule has 1 aromatic rings. The first kappa shape index (κ1) is 14.5.